The molecule has 0 unspecified atom stereocenters. The monoisotopic (exact) mass is 482 g/mol. The second kappa shape index (κ2) is 10.3. The fourth-order valence-electron chi connectivity index (χ4n) is 2.73. The minimum Gasteiger partial charge on any atom is -0.497 e. The van der Waals surface area contributed by atoms with Gasteiger partial charge in [0.25, 0.3) is 5.22 Å². The summed E-state index contributed by atoms with van der Waals surface area (Å²) in [6, 6.07) is 18.4. The highest BCUT2D eigenvalue weighted by molar-refractivity contribution is 8.03. The van der Waals surface area contributed by atoms with E-state index in [0.29, 0.717) is 27.9 Å². The topological polar surface area (TPSA) is 108 Å². The van der Waals surface area contributed by atoms with Gasteiger partial charge in [0.1, 0.15) is 22.2 Å². The van der Waals surface area contributed by atoms with E-state index in [2.05, 4.69) is 10.2 Å². The Kier molecular flexibility index (Phi) is 7.06. The number of ether oxygens (including phenoxy) is 2. The number of aromatic nitrogens is 2. The lowest BCUT2D eigenvalue weighted by atomic mass is 10.2. The van der Waals surface area contributed by atoms with Crippen LogP contribution >= 0.6 is 23.5 Å². The number of carboxylic acids is 1. The molecule has 0 atom stereocenters. The molecule has 0 fully saturated rings. The first-order chi connectivity index (χ1) is 16.0. The third-order valence-corrected chi connectivity index (χ3v) is 6.03. The van der Waals surface area contributed by atoms with Gasteiger partial charge in [-0.25, -0.2) is 4.79 Å². The summed E-state index contributed by atoms with van der Waals surface area (Å²) in [5.41, 5.74) is 0.583. The Morgan fingerprint density at radius 1 is 0.970 bits per heavy atom. The molecule has 0 bridgehead atoms. The highest BCUT2D eigenvalue weighted by Crippen LogP contribution is 2.34. The van der Waals surface area contributed by atoms with E-state index in [0.717, 1.165) is 16.7 Å². The van der Waals surface area contributed by atoms with Crippen LogP contribution in [0.3, 0.4) is 0 Å². The van der Waals surface area contributed by atoms with Gasteiger partial charge in [0.05, 0.1) is 14.2 Å². The van der Waals surface area contributed by atoms with E-state index in [1.54, 1.807) is 30.3 Å². The van der Waals surface area contributed by atoms with Crippen LogP contribution < -0.4 is 9.47 Å². The van der Waals surface area contributed by atoms with Gasteiger partial charge in [-0.3, -0.25) is 0 Å². The second-order valence-corrected chi connectivity index (χ2v) is 8.53. The van der Waals surface area contributed by atoms with Gasteiger partial charge in [0.15, 0.2) is 5.09 Å². The van der Waals surface area contributed by atoms with E-state index in [9.17, 15) is 9.90 Å². The lowest BCUT2D eigenvalue weighted by molar-refractivity contribution is -0.131. The number of hydrogen-bond donors (Lipinski definition) is 1. The molecule has 4 aromatic rings. The summed E-state index contributed by atoms with van der Waals surface area (Å²) >= 11 is 2.28. The maximum atomic E-state index is 11.8. The predicted molar refractivity (Wildman–Crippen MR) is 124 cm³/mol. The molecule has 0 radical (unpaired) electrons. The molecule has 2 aromatic carbocycles. The van der Waals surface area contributed by atoms with Crippen LogP contribution in [0.2, 0.25) is 0 Å². The fourth-order valence-corrected chi connectivity index (χ4v) is 4.18. The van der Waals surface area contributed by atoms with Crippen LogP contribution in [0.5, 0.6) is 11.5 Å². The molecule has 0 aliphatic heterocycles. The zero-order chi connectivity index (χ0) is 23.2. The first kappa shape index (κ1) is 22.6. The minimum atomic E-state index is -1.14. The number of rotatable bonds is 9. The summed E-state index contributed by atoms with van der Waals surface area (Å²) < 4.78 is 21.9. The molecule has 0 amide bonds. The third kappa shape index (κ3) is 5.79. The van der Waals surface area contributed by atoms with Crippen molar-refractivity contribution in [3.05, 3.63) is 71.3 Å². The Labute approximate surface area is 197 Å². The molecule has 33 heavy (non-hydrogen) atoms. The molecular formula is C23H18N2O6S2. The van der Waals surface area contributed by atoms with Gasteiger partial charge in [-0.05, 0) is 48.2 Å². The number of methoxy groups -OCH3 is 2. The summed E-state index contributed by atoms with van der Waals surface area (Å²) in [6.45, 7) is 0. The average Bonchev–Trinajstić information content (AvgIpc) is 3.48. The van der Waals surface area contributed by atoms with Crippen molar-refractivity contribution >= 4 is 35.6 Å². The number of aliphatic carboxylic acids is 1. The van der Waals surface area contributed by atoms with Crippen LogP contribution in [0.4, 0.5) is 0 Å². The van der Waals surface area contributed by atoms with Gasteiger partial charge in [-0.1, -0.05) is 30.0 Å². The Morgan fingerprint density at radius 2 is 1.70 bits per heavy atom. The van der Waals surface area contributed by atoms with Crippen molar-refractivity contribution in [2.75, 3.05) is 14.2 Å². The van der Waals surface area contributed by atoms with E-state index in [1.165, 1.54) is 32.1 Å². The largest absolute Gasteiger partial charge is 0.497 e. The van der Waals surface area contributed by atoms with Gasteiger partial charge < -0.3 is 23.4 Å². The van der Waals surface area contributed by atoms with Crippen molar-refractivity contribution in [2.45, 2.75) is 15.2 Å². The number of carbonyl (C=O) groups is 1. The van der Waals surface area contributed by atoms with Crippen LogP contribution in [-0.2, 0) is 4.79 Å². The molecule has 0 saturated carbocycles. The van der Waals surface area contributed by atoms with Crippen LogP contribution in [0.15, 0.2) is 89.6 Å². The first-order valence-corrected chi connectivity index (χ1v) is 11.2. The van der Waals surface area contributed by atoms with Gasteiger partial charge in [-0.2, -0.15) is 0 Å². The minimum absolute atomic E-state index is 0.0287. The summed E-state index contributed by atoms with van der Waals surface area (Å²) in [5, 5.41) is 18.3. The Morgan fingerprint density at radius 3 is 2.36 bits per heavy atom. The molecule has 8 nitrogen and oxygen atoms in total. The van der Waals surface area contributed by atoms with Crippen molar-refractivity contribution in [3.63, 3.8) is 0 Å². The third-order valence-electron chi connectivity index (χ3n) is 4.25. The molecular weight excluding hydrogens is 464 g/mol. The summed E-state index contributed by atoms with van der Waals surface area (Å²) in [5.74, 6) is 0.584. The van der Waals surface area contributed by atoms with E-state index in [4.69, 9.17) is 18.3 Å². The Hall–Kier alpha value is -3.63. The second-order valence-electron chi connectivity index (χ2n) is 6.46. The number of nitrogens with zero attached hydrogens (tertiary/aromatic N) is 2. The molecule has 168 valence electrons. The summed E-state index contributed by atoms with van der Waals surface area (Å²) in [4.78, 5) is 12.8. The highest BCUT2D eigenvalue weighted by Gasteiger charge is 2.18. The van der Waals surface area contributed by atoms with Gasteiger partial charge in [-0.15, -0.1) is 10.2 Å². The summed E-state index contributed by atoms with van der Waals surface area (Å²) in [6.07, 6.45) is 1.42. The number of hydrogen-bond acceptors (Lipinski definition) is 9. The van der Waals surface area contributed by atoms with E-state index in [-0.39, 0.29) is 16.0 Å². The SMILES string of the molecule is COc1cc(OC)cc(-c2nnc(S/C(=C\c3ccc(Sc4ccccc4)o3)C(=O)O)o2)c1. The van der Waals surface area contributed by atoms with Gasteiger partial charge in [0.2, 0.25) is 5.89 Å². The average molecular weight is 483 g/mol. The molecule has 4 rings (SSSR count). The smallest absolute Gasteiger partial charge is 0.342 e. The van der Waals surface area contributed by atoms with Crippen LogP contribution in [0.25, 0.3) is 17.5 Å². The lowest BCUT2D eigenvalue weighted by Crippen LogP contribution is -1.96. The van der Waals surface area contributed by atoms with Crippen molar-refractivity contribution in [3.8, 4) is 23.0 Å². The number of carboxylic acid groups (broad SMARTS) is 1. The number of benzene rings is 2. The van der Waals surface area contributed by atoms with Gasteiger partial charge >= 0.3 is 5.97 Å². The van der Waals surface area contributed by atoms with Crippen molar-refractivity contribution < 1.29 is 28.2 Å². The standard InChI is InChI=1S/C23H18N2O6S2/c1-28-16-10-14(11-17(12-16)29-2)21-24-25-23(31-21)33-19(22(26)27)13-15-8-9-20(30-15)32-18-6-4-3-5-7-18/h3-13H,1-2H3,(H,26,27)/b19-13-. The van der Waals surface area contributed by atoms with Crippen LogP contribution in [-0.4, -0.2) is 35.5 Å². The molecule has 0 spiro atoms. The Balaban J connectivity index is 1.52. The maximum absolute atomic E-state index is 11.8. The van der Waals surface area contributed by atoms with Crippen LogP contribution in [0, 0.1) is 0 Å². The van der Waals surface area contributed by atoms with E-state index in [1.807, 2.05) is 30.3 Å². The maximum Gasteiger partial charge on any atom is 0.342 e. The molecule has 2 heterocycles. The highest BCUT2D eigenvalue weighted by atomic mass is 32.2. The van der Waals surface area contributed by atoms with E-state index < -0.39 is 5.97 Å². The lowest BCUT2D eigenvalue weighted by Gasteiger charge is -2.05. The Bertz CT molecular complexity index is 1260. The van der Waals surface area contributed by atoms with Gasteiger partial charge in [0, 0.05) is 22.6 Å². The molecule has 10 heteroatoms. The normalized spacial score (nSPS) is 11.4. The predicted octanol–water partition coefficient (Wildman–Crippen LogP) is 5.72. The van der Waals surface area contributed by atoms with Crippen LogP contribution in [0.1, 0.15) is 5.76 Å². The number of thioether (sulfide) groups is 1. The van der Waals surface area contributed by atoms with Crippen molar-refractivity contribution in [1.29, 1.82) is 0 Å². The number of furan rings is 1. The fraction of sp³-hybridized carbons (Fsp3) is 0.0870. The van der Waals surface area contributed by atoms with Crippen molar-refractivity contribution in [1.82, 2.24) is 10.2 Å². The molecule has 0 aliphatic carbocycles. The zero-order valence-electron chi connectivity index (χ0n) is 17.6. The quantitative estimate of drug-likeness (QED) is 0.235. The summed E-state index contributed by atoms with van der Waals surface area (Å²) in [7, 11) is 3.08. The first-order valence-electron chi connectivity index (χ1n) is 9.56. The van der Waals surface area contributed by atoms with E-state index >= 15 is 0 Å². The van der Waals surface area contributed by atoms with Crippen molar-refractivity contribution in [2.24, 2.45) is 0 Å². The molecule has 2 aromatic heterocycles. The molecule has 0 saturated heterocycles. The zero-order valence-corrected chi connectivity index (χ0v) is 19.2. The molecule has 0 aliphatic rings. The molecule has 1 N–H and O–H groups in total.